The number of rotatable bonds is 5. The smallest absolute Gasteiger partial charge is 0.241 e. The Labute approximate surface area is 142 Å². The third-order valence-corrected chi connectivity index (χ3v) is 3.00. The summed E-state index contributed by atoms with van der Waals surface area (Å²) in [6.07, 6.45) is 4.04. The summed E-state index contributed by atoms with van der Waals surface area (Å²) < 4.78 is 0. The van der Waals surface area contributed by atoms with E-state index in [4.69, 9.17) is 5.73 Å². The van der Waals surface area contributed by atoms with Crippen molar-refractivity contribution in [2.24, 2.45) is 11.7 Å². The molecular weight excluding hydrogens is 323 g/mol. The van der Waals surface area contributed by atoms with Crippen molar-refractivity contribution in [3.8, 4) is 11.3 Å². The summed E-state index contributed by atoms with van der Waals surface area (Å²) in [6, 6.07) is 7.11. The van der Waals surface area contributed by atoms with Crippen LogP contribution in [0.15, 0.2) is 36.8 Å². The predicted molar refractivity (Wildman–Crippen MR) is 94.6 cm³/mol. The summed E-state index contributed by atoms with van der Waals surface area (Å²) in [6.45, 7) is 4.10. The van der Waals surface area contributed by atoms with Crippen LogP contribution in [-0.2, 0) is 4.79 Å². The zero-order valence-corrected chi connectivity index (χ0v) is 14.2. The van der Waals surface area contributed by atoms with Gasteiger partial charge in [0, 0.05) is 11.3 Å². The van der Waals surface area contributed by atoms with Gasteiger partial charge in [-0.1, -0.05) is 26.0 Å². The normalized spacial score (nSPS) is 11.3. The molecule has 0 saturated carbocycles. The number of benzene rings is 1. The van der Waals surface area contributed by atoms with Gasteiger partial charge in [0.1, 0.15) is 0 Å². The van der Waals surface area contributed by atoms with Crippen molar-refractivity contribution < 1.29 is 4.79 Å². The highest BCUT2D eigenvalue weighted by atomic mass is 35.5. The second-order valence-corrected chi connectivity index (χ2v) is 5.27. The van der Waals surface area contributed by atoms with Crippen LogP contribution in [0.4, 0.5) is 5.69 Å². The predicted octanol–water partition coefficient (Wildman–Crippen LogP) is 3.23. The van der Waals surface area contributed by atoms with Crippen molar-refractivity contribution in [3.05, 3.63) is 36.8 Å². The lowest BCUT2D eigenvalue weighted by molar-refractivity contribution is -0.117. The lowest BCUT2D eigenvalue weighted by atomic mass is 10.0. The van der Waals surface area contributed by atoms with E-state index in [0.717, 1.165) is 16.9 Å². The topological polar surface area (TPSA) is 83.8 Å². The van der Waals surface area contributed by atoms with E-state index >= 15 is 0 Å². The van der Waals surface area contributed by atoms with Gasteiger partial charge in [-0.3, -0.25) is 4.79 Å². The maximum atomic E-state index is 12.0. The average molecular weight is 345 g/mol. The van der Waals surface area contributed by atoms with Crippen LogP contribution in [0.5, 0.6) is 0 Å². The number of carbonyl (C=O) groups excluding carboxylic acids is 1. The van der Waals surface area contributed by atoms with Gasteiger partial charge in [0.05, 0.1) is 24.3 Å². The first-order valence-electron chi connectivity index (χ1n) is 6.71. The Morgan fingerprint density at radius 3 is 2.68 bits per heavy atom. The third kappa shape index (κ3) is 5.67. The molecule has 1 aromatic carbocycles. The summed E-state index contributed by atoms with van der Waals surface area (Å²) in [5.41, 5.74) is 8.49. The number of halogens is 2. The number of carbonyl (C=O) groups is 1. The third-order valence-electron chi connectivity index (χ3n) is 3.00. The fraction of sp³-hybridized carbons (Fsp3) is 0.333. The van der Waals surface area contributed by atoms with Crippen molar-refractivity contribution in [1.29, 1.82) is 0 Å². The number of H-pyrrole nitrogens is 1. The minimum Gasteiger partial charge on any atom is -0.345 e. The van der Waals surface area contributed by atoms with Gasteiger partial charge in [-0.25, -0.2) is 4.98 Å². The summed E-state index contributed by atoms with van der Waals surface area (Å²) in [4.78, 5) is 19.0. The first-order valence-corrected chi connectivity index (χ1v) is 6.71. The monoisotopic (exact) mass is 344 g/mol. The first kappa shape index (κ1) is 20.4. The van der Waals surface area contributed by atoms with E-state index in [1.54, 1.807) is 12.5 Å². The second kappa shape index (κ2) is 9.46. The van der Waals surface area contributed by atoms with Gasteiger partial charge in [0.2, 0.25) is 5.91 Å². The Morgan fingerprint density at radius 1 is 1.36 bits per heavy atom. The Morgan fingerprint density at radius 2 is 2.09 bits per heavy atom. The highest BCUT2D eigenvalue weighted by Crippen LogP contribution is 2.20. The average Bonchev–Trinajstić information content (AvgIpc) is 2.92. The van der Waals surface area contributed by atoms with E-state index in [1.165, 1.54) is 0 Å². The number of amides is 1. The van der Waals surface area contributed by atoms with Crippen LogP contribution in [0.2, 0.25) is 0 Å². The molecular formula is C15H22Cl2N4O. The Hall–Kier alpha value is -1.56. The summed E-state index contributed by atoms with van der Waals surface area (Å²) in [7, 11) is 0. The summed E-state index contributed by atoms with van der Waals surface area (Å²) in [5, 5.41) is 2.85. The molecule has 1 atom stereocenters. The van der Waals surface area contributed by atoms with E-state index in [1.807, 2.05) is 38.1 Å². The lowest BCUT2D eigenvalue weighted by Crippen LogP contribution is -2.36. The number of hydrogen-bond donors (Lipinski definition) is 3. The van der Waals surface area contributed by atoms with Gasteiger partial charge in [-0.2, -0.15) is 0 Å². The molecule has 0 unspecified atom stereocenters. The molecule has 2 rings (SSSR count). The largest absolute Gasteiger partial charge is 0.345 e. The SMILES string of the molecule is CC(C)C[C@H](N)C(=O)Nc1cccc(-c2cnc[nH]2)c1.Cl.Cl. The number of anilines is 1. The molecule has 0 saturated heterocycles. The molecule has 2 aromatic rings. The van der Waals surface area contributed by atoms with Crippen molar-refractivity contribution in [2.45, 2.75) is 26.3 Å². The molecule has 4 N–H and O–H groups in total. The highest BCUT2D eigenvalue weighted by Gasteiger charge is 2.15. The maximum absolute atomic E-state index is 12.0. The number of nitrogens with one attached hydrogen (secondary N) is 2. The van der Waals surface area contributed by atoms with Crippen LogP contribution in [0.25, 0.3) is 11.3 Å². The zero-order chi connectivity index (χ0) is 14.5. The number of aromatic nitrogens is 2. The minimum atomic E-state index is -0.481. The molecule has 0 bridgehead atoms. The second-order valence-electron chi connectivity index (χ2n) is 5.27. The molecule has 122 valence electrons. The van der Waals surface area contributed by atoms with Gasteiger partial charge in [-0.15, -0.1) is 24.8 Å². The van der Waals surface area contributed by atoms with E-state index in [-0.39, 0.29) is 30.7 Å². The number of nitrogens with two attached hydrogens (primary N) is 1. The standard InChI is InChI=1S/C15H20N4O.2ClH/c1-10(2)6-13(16)15(20)19-12-5-3-4-11(7-12)14-8-17-9-18-14;;/h3-5,7-10,13H,6,16H2,1-2H3,(H,17,18)(H,19,20);2*1H/t13-;;/m0../s1. The number of imidazole rings is 1. The number of hydrogen-bond acceptors (Lipinski definition) is 3. The van der Waals surface area contributed by atoms with Crippen molar-refractivity contribution >= 4 is 36.4 Å². The van der Waals surface area contributed by atoms with Gasteiger partial charge in [-0.05, 0) is 24.5 Å². The Kier molecular flexibility index (Phi) is 8.79. The molecule has 0 radical (unpaired) electrons. The zero-order valence-electron chi connectivity index (χ0n) is 12.6. The van der Waals surface area contributed by atoms with E-state index in [2.05, 4.69) is 15.3 Å². The highest BCUT2D eigenvalue weighted by molar-refractivity contribution is 5.95. The molecule has 0 aliphatic rings. The molecule has 22 heavy (non-hydrogen) atoms. The molecule has 0 aliphatic heterocycles. The quantitative estimate of drug-likeness (QED) is 0.778. The maximum Gasteiger partial charge on any atom is 0.241 e. The van der Waals surface area contributed by atoms with Crippen LogP contribution in [0.3, 0.4) is 0 Å². The van der Waals surface area contributed by atoms with Crippen LogP contribution >= 0.6 is 24.8 Å². The molecule has 0 aliphatic carbocycles. The molecule has 1 amide bonds. The van der Waals surface area contributed by atoms with Gasteiger partial charge < -0.3 is 16.0 Å². The van der Waals surface area contributed by atoms with Gasteiger partial charge in [0.15, 0.2) is 0 Å². The van der Waals surface area contributed by atoms with Crippen LogP contribution in [-0.4, -0.2) is 21.9 Å². The Bertz CT molecular complexity index is 573. The first-order chi connectivity index (χ1) is 9.56. The van der Waals surface area contributed by atoms with Crippen LogP contribution in [0.1, 0.15) is 20.3 Å². The summed E-state index contributed by atoms with van der Waals surface area (Å²) in [5.74, 6) is 0.243. The molecule has 0 fully saturated rings. The van der Waals surface area contributed by atoms with Crippen LogP contribution < -0.4 is 11.1 Å². The van der Waals surface area contributed by atoms with Crippen molar-refractivity contribution in [3.63, 3.8) is 0 Å². The number of nitrogens with zero attached hydrogens (tertiary/aromatic N) is 1. The lowest BCUT2D eigenvalue weighted by Gasteiger charge is -2.14. The molecule has 0 spiro atoms. The van der Waals surface area contributed by atoms with Gasteiger partial charge in [0.25, 0.3) is 0 Å². The minimum absolute atomic E-state index is 0. The van der Waals surface area contributed by atoms with E-state index < -0.39 is 6.04 Å². The fourth-order valence-corrected chi connectivity index (χ4v) is 2.03. The van der Waals surface area contributed by atoms with Crippen molar-refractivity contribution in [1.82, 2.24) is 9.97 Å². The summed E-state index contributed by atoms with van der Waals surface area (Å²) >= 11 is 0. The molecule has 5 nitrogen and oxygen atoms in total. The molecule has 7 heteroatoms. The molecule has 1 aromatic heterocycles. The van der Waals surface area contributed by atoms with Crippen LogP contribution in [0, 0.1) is 5.92 Å². The number of aromatic amines is 1. The van der Waals surface area contributed by atoms with Crippen molar-refractivity contribution in [2.75, 3.05) is 5.32 Å². The van der Waals surface area contributed by atoms with E-state index in [9.17, 15) is 4.79 Å². The Balaban J connectivity index is 0.00000220. The molecule has 1 heterocycles. The van der Waals surface area contributed by atoms with E-state index in [0.29, 0.717) is 12.3 Å². The van der Waals surface area contributed by atoms with Gasteiger partial charge >= 0.3 is 0 Å². The fourth-order valence-electron chi connectivity index (χ4n) is 2.03.